The minimum Gasteiger partial charge on any atom is -0.450 e. The summed E-state index contributed by atoms with van der Waals surface area (Å²) in [7, 11) is -1.13. The summed E-state index contributed by atoms with van der Waals surface area (Å²) < 4.78 is 5.12. The van der Waals surface area contributed by atoms with Gasteiger partial charge in [0.1, 0.15) is 6.29 Å². The zero-order chi connectivity index (χ0) is 14.7. The zero-order valence-electron chi connectivity index (χ0n) is 12.8. The summed E-state index contributed by atoms with van der Waals surface area (Å²) in [6.45, 7) is 9.93. The van der Waals surface area contributed by atoms with Crippen LogP contribution >= 0.6 is 0 Å². The molecule has 0 aromatic heterocycles. The van der Waals surface area contributed by atoms with Crippen LogP contribution in [-0.2, 0) is 9.53 Å². The van der Waals surface area contributed by atoms with Crippen molar-refractivity contribution in [2.45, 2.75) is 58.3 Å². The second kappa shape index (κ2) is 10.0. The molecular formula is C14H29NO3Si. The van der Waals surface area contributed by atoms with Gasteiger partial charge in [-0.3, -0.25) is 0 Å². The molecule has 0 aromatic carbocycles. The fourth-order valence-corrected chi connectivity index (χ4v) is 2.31. The van der Waals surface area contributed by atoms with Crippen LogP contribution in [0.1, 0.15) is 32.6 Å². The summed E-state index contributed by atoms with van der Waals surface area (Å²) in [5.74, 6) is 0.170. The topological polar surface area (TPSA) is 55.4 Å². The Morgan fingerprint density at radius 3 is 2.53 bits per heavy atom. The minimum atomic E-state index is -1.13. The summed E-state index contributed by atoms with van der Waals surface area (Å²) in [6, 6.07) is 0.998. The van der Waals surface area contributed by atoms with Gasteiger partial charge in [0.25, 0.3) is 0 Å². The van der Waals surface area contributed by atoms with Crippen LogP contribution < -0.4 is 5.32 Å². The van der Waals surface area contributed by atoms with Crippen molar-refractivity contribution in [2.75, 3.05) is 13.2 Å². The summed E-state index contributed by atoms with van der Waals surface area (Å²) in [5, 5.41) is 2.74. The van der Waals surface area contributed by atoms with E-state index in [0.29, 0.717) is 13.2 Å². The van der Waals surface area contributed by atoms with E-state index in [-0.39, 0.29) is 12.0 Å². The monoisotopic (exact) mass is 287 g/mol. The Morgan fingerprint density at radius 1 is 1.32 bits per heavy atom. The van der Waals surface area contributed by atoms with Crippen molar-refractivity contribution >= 4 is 20.5 Å². The number of hydrogen-bond donors (Lipinski definition) is 1. The number of unbranched alkanes of at least 4 members (excludes halogenated alkanes) is 1. The fraction of sp³-hybridized carbons (Fsp3) is 0.857. The standard InChI is InChI=1S/C14H29NO3Si/c1-5-13(12-16)8-6-7-9-15-14(17)18-10-11-19(2,3)4/h12-13H,5-11H2,1-4H3,(H,15,17). The third-order valence-electron chi connectivity index (χ3n) is 3.07. The first kappa shape index (κ1) is 18.2. The zero-order valence-corrected chi connectivity index (χ0v) is 13.8. The van der Waals surface area contributed by atoms with Crippen molar-refractivity contribution in [3.05, 3.63) is 0 Å². The Hall–Kier alpha value is -0.843. The van der Waals surface area contributed by atoms with Gasteiger partial charge in [0.05, 0.1) is 6.61 Å². The molecule has 0 fully saturated rings. The van der Waals surface area contributed by atoms with Gasteiger partial charge in [0, 0.05) is 20.5 Å². The number of amides is 1. The number of alkyl carbamates (subject to hydrolysis) is 1. The molecule has 0 heterocycles. The maximum absolute atomic E-state index is 11.4. The molecule has 0 aliphatic heterocycles. The number of hydrogen-bond acceptors (Lipinski definition) is 3. The van der Waals surface area contributed by atoms with Crippen molar-refractivity contribution in [1.29, 1.82) is 0 Å². The normalized spacial score (nSPS) is 12.8. The maximum atomic E-state index is 11.4. The predicted octanol–water partition coefficient (Wildman–Crippen LogP) is 3.45. The van der Waals surface area contributed by atoms with E-state index in [1.165, 1.54) is 0 Å². The van der Waals surface area contributed by atoms with E-state index in [1.807, 2.05) is 6.92 Å². The van der Waals surface area contributed by atoms with Crippen molar-refractivity contribution in [2.24, 2.45) is 5.92 Å². The lowest BCUT2D eigenvalue weighted by Gasteiger charge is -2.15. The molecule has 0 spiro atoms. The minimum absolute atomic E-state index is 0.170. The van der Waals surface area contributed by atoms with Gasteiger partial charge in [0.2, 0.25) is 0 Å². The maximum Gasteiger partial charge on any atom is 0.407 e. The van der Waals surface area contributed by atoms with Crippen LogP contribution in [0.4, 0.5) is 4.79 Å². The Labute approximate surface area is 118 Å². The van der Waals surface area contributed by atoms with Gasteiger partial charge in [0.15, 0.2) is 0 Å². The molecule has 112 valence electrons. The van der Waals surface area contributed by atoms with Crippen LogP contribution in [0.5, 0.6) is 0 Å². The highest BCUT2D eigenvalue weighted by Crippen LogP contribution is 2.09. The molecule has 5 heteroatoms. The summed E-state index contributed by atoms with van der Waals surface area (Å²) in [4.78, 5) is 22.0. The highest BCUT2D eigenvalue weighted by atomic mass is 28.3. The average Bonchev–Trinajstić information content (AvgIpc) is 2.32. The molecule has 0 radical (unpaired) electrons. The molecule has 19 heavy (non-hydrogen) atoms. The van der Waals surface area contributed by atoms with E-state index in [1.54, 1.807) is 0 Å². The third-order valence-corrected chi connectivity index (χ3v) is 4.78. The van der Waals surface area contributed by atoms with Crippen LogP contribution in [0.3, 0.4) is 0 Å². The molecule has 0 bridgehead atoms. The van der Waals surface area contributed by atoms with Gasteiger partial charge in [-0.1, -0.05) is 33.0 Å². The first-order valence-electron chi connectivity index (χ1n) is 7.25. The van der Waals surface area contributed by atoms with E-state index >= 15 is 0 Å². The first-order valence-corrected chi connectivity index (χ1v) is 11.0. The largest absolute Gasteiger partial charge is 0.450 e. The second-order valence-electron chi connectivity index (χ2n) is 6.17. The molecular weight excluding hydrogens is 258 g/mol. The highest BCUT2D eigenvalue weighted by Gasteiger charge is 2.13. The Balaban J connectivity index is 3.46. The van der Waals surface area contributed by atoms with Gasteiger partial charge >= 0.3 is 6.09 Å². The van der Waals surface area contributed by atoms with Gasteiger partial charge < -0.3 is 14.8 Å². The molecule has 0 aliphatic carbocycles. The molecule has 4 nitrogen and oxygen atoms in total. The SMILES string of the molecule is CCC(C=O)CCCCNC(=O)OCC[Si](C)(C)C. The number of aldehydes is 1. The van der Waals surface area contributed by atoms with Gasteiger partial charge in [-0.05, 0) is 25.3 Å². The average molecular weight is 287 g/mol. The molecule has 0 saturated heterocycles. The predicted molar refractivity (Wildman–Crippen MR) is 81.2 cm³/mol. The van der Waals surface area contributed by atoms with Crippen LogP contribution in [0.15, 0.2) is 0 Å². The van der Waals surface area contributed by atoms with Gasteiger partial charge in [-0.25, -0.2) is 4.79 Å². The van der Waals surface area contributed by atoms with E-state index in [0.717, 1.165) is 38.0 Å². The van der Waals surface area contributed by atoms with Gasteiger partial charge in [-0.15, -0.1) is 0 Å². The highest BCUT2D eigenvalue weighted by molar-refractivity contribution is 6.76. The second-order valence-corrected chi connectivity index (χ2v) is 11.8. The Bertz CT molecular complexity index is 264. The van der Waals surface area contributed by atoms with Crippen LogP contribution in [0, 0.1) is 5.92 Å². The Morgan fingerprint density at radius 2 is 2.00 bits per heavy atom. The molecule has 0 aromatic rings. The van der Waals surface area contributed by atoms with E-state index in [2.05, 4.69) is 25.0 Å². The van der Waals surface area contributed by atoms with E-state index in [9.17, 15) is 9.59 Å². The van der Waals surface area contributed by atoms with Crippen molar-refractivity contribution in [3.63, 3.8) is 0 Å². The number of rotatable bonds is 10. The number of ether oxygens (including phenoxy) is 1. The number of carbonyl (C=O) groups excluding carboxylic acids is 2. The van der Waals surface area contributed by atoms with E-state index < -0.39 is 8.07 Å². The lowest BCUT2D eigenvalue weighted by Crippen LogP contribution is -2.28. The first-order chi connectivity index (χ1) is 8.89. The molecule has 0 aliphatic rings. The molecule has 1 N–H and O–H groups in total. The van der Waals surface area contributed by atoms with Crippen molar-refractivity contribution in [3.8, 4) is 0 Å². The smallest absolute Gasteiger partial charge is 0.407 e. The molecule has 0 rings (SSSR count). The molecule has 0 saturated carbocycles. The Kier molecular flexibility index (Phi) is 9.56. The van der Waals surface area contributed by atoms with Crippen LogP contribution in [-0.4, -0.2) is 33.6 Å². The summed E-state index contributed by atoms with van der Waals surface area (Å²) >= 11 is 0. The molecule has 1 amide bonds. The number of nitrogens with one attached hydrogen (secondary N) is 1. The quantitative estimate of drug-likeness (QED) is 0.380. The van der Waals surface area contributed by atoms with Crippen molar-refractivity contribution in [1.82, 2.24) is 5.32 Å². The fourth-order valence-electron chi connectivity index (χ4n) is 1.59. The van der Waals surface area contributed by atoms with Crippen molar-refractivity contribution < 1.29 is 14.3 Å². The number of carbonyl (C=O) groups is 2. The van der Waals surface area contributed by atoms with E-state index in [4.69, 9.17) is 4.74 Å². The lowest BCUT2D eigenvalue weighted by atomic mass is 10.0. The summed E-state index contributed by atoms with van der Waals surface area (Å²) in [5.41, 5.74) is 0. The lowest BCUT2D eigenvalue weighted by molar-refractivity contribution is -0.111. The van der Waals surface area contributed by atoms with Crippen LogP contribution in [0.25, 0.3) is 0 Å². The molecule has 1 atom stereocenters. The van der Waals surface area contributed by atoms with Gasteiger partial charge in [-0.2, -0.15) is 0 Å². The third kappa shape index (κ3) is 12.0. The summed E-state index contributed by atoms with van der Waals surface area (Å²) in [6.07, 6.45) is 4.38. The molecule has 1 unspecified atom stereocenters. The van der Waals surface area contributed by atoms with Crippen LogP contribution in [0.2, 0.25) is 25.7 Å².